The second-order valence-electron chi connectivity index (χ2n) is 6.35. The Labute approximate surface area is 182 Å². The molecular formula is C22H16N2O4S2. The minimum absolute atomic E-state index is 0.0207. The summed E-state index contributed by atoms with van der Waals surface area (Å²) in [5, 5.41) is 1.85. The average Bonchev–Trinajstić information content (AvgIpc) is 3.06. The highest BCUT2D eigenvalue weighted by atomic mass is 32.2. The summed E-state index contributed by atoms with van der Waals surface area (Å²) in [5.74, 6) is 6.72. The molecule has 1 fully saturated rings. The van der Waals surface area contributed by atoms with Crippen molar-refractivity contribution in [1.82, 2.24) is 5.32 Å². The van der Waals surface area contributed by atoms with Crippen molar-refractivity contribution in [3.05, 3.63) is 58.5 Å². The van der Waals surface area contributed by atoms with Gasteiger partial charge in [0, 0.05) is 4.90 Å². The fourth-order valence-corrected chi connectivity index (χ4v) is 4.64. The number of anilines is 1. The van der Waals surface area contributed by atoms with Gasteiger partial charge in [0.2, 0.25) is 5.91 Å². The highest BCUT2D eigenvalue weighted by molar-refractivity contribution is 8.18. The van der Waals surface area contributed by atoms with E-state index < -0.39 is 5.91 Å². The summed E-state index contributed by atoms with van der Waals surface area (Å²) in [6.07, 6.45) is 1.64. The van der Waals surface area contributed by atoms with Crippen LogP contribution >= 0.6 is 23.5 Å². The first kappa shape index (κ1) is 20.1. The Kier molecular flexibility index (Phi) is 5.84. The fourth-order valence-electron chi connectivity index (χ4n) is 3.03. The Balaban J connectivity index is 1.59. The number of hydrogen-bond donors (Lipinski definition) is 1. The lowest BCUT2D eigenvalue weighted by atomic mass is 10.1. The Hall–Kier alpha value is -3.15. The molecule has 2 aliphatic rings. The number of nitrogens with one attached hydrogen (secondary N) is 1. The summed E-state index contributed by atoms with van der Waals surface area (Å²) >= 11 is 2.39. The van der Waals surface area contributed by atoms with Crippen molar-refractivity contribution in [1.29, 1.82) is 0 Å². The highest BCUT2D eigenvalue weighted by Gasteiger charge is 2.25. The lowest BCUT2D eigenvalue weighted by molar-refractivity contribution is -0.116. The second-order valence-corrected chi connectivity index (χ2v) is 8.38. The number of thioether (sulfide) groups is 2. The summed E-state index contributed by atoms with van der Waals surface area (Å²) in [6, 6.07) is 13.1. The van der Waals surface area contributed by atoms with Crippen LogP contribution in [0.1, 0.15) is 11.1 Å². The van der Waals surface area contributed by atoms with E-state index in [0.717, 1.165) is 27.9 Å². The van der Waals surface area contributed by atoms with Crippen LogP contribution in [-0.4, -0.2) is 36.5 Å². The molecule has 0 atom stereocenters. The van der Waals surface area contributed by atoms with Gasteiger partial charge in [0.25, 0.3) is 11.1 Å². The van der Waals surface area contributed by atoms with Crippen LogP contribution < -0.4 is 15.0 Å². The van der Waals surface area contributed by atoms with E-state index in [9.17, 15) is 14.4 Å². The van der Waals surface area contributed by atoms with Crippen molar-refractivity contribution in [2.24, 2.45) is 0 Å². The molecule has 0 saturated carbocycles. The molecule has 1 N–H and O–H groups in total. The first-order chi connectivity index (χ1) is 14.5. The van der Waals surface area contributed by atoms with Gasteiger partial charge < -0.3 is 4.74 Å². The third kappa shape index (κ3) is 4.22. The molecule has 2 aromatic carbocycles. The largest absolute Gasteiger partial charge is 0.495 e. The van der Waals surface area contributed by atoms with Crippen LogP contribution in [0.15, 0.2) is 52.3 Å². The van der Waals surface area contributed by atoms with Crippen LogP contribution in [0.2, 0.25) is 0 Å². The quantitative estimate of drug-likeness (QED) is 0.586. The molecule has 3 amide bonds. The first-order valence-electron chi connectivity index (χ1n) is 8.99. The van der Waals surface area contributed by atoms with Crippen LogP contribution in [0.25, 0.3) is 6.08 Å². The zero-order valence-corrected chi connectivity index (χ0v) is 17.6. The van der Waals surface area contributed by atoms with Crippen LogP contribution in [0.4, 0.5) is 10.5 Å². The molecule has 2 aromatic rings. The minimum atomic E-state index is -0.409. The van der Waals surface area contributed by atoms with Gasteiger partial charge >= 0.3 is 0 Å². The molecule has 4 rings (SSSR count). The summed E-state index contributed by atoms with van der Waals surface area (Å²) in [4.78, 5) is 38.5. The van der Waals surface area contributed by atoms with Crippen LogP contribution in [-0.2, 0) is 9.59 Å². The number of amides is 3. The van der Waals surface area contributed by atoms with Crippen LogP contribution in [0.3, 0.4) is 0 Å². The number of ether oxygens (including phenoxy) is 1. The second kappa shape index (κ2) is 8.69. The molecular weight excluding hydrogens is 420 g/mol. The maximum Gasteiger partial charge on any atom is 0.290 e. The minimum Gasteiger partial charge on any atom is -0.495 e. The van der Waals surface area contributed by atoms with Crippen molar-refractivity contribution in [2.75, 3.05) is 24.3 Å². The molecule has 0 radical (unpaired) electrons. The normalized spacial score (nSPS) is 16.8. The monoisotopic (exact) mass is 436 g/mol. The predicted octanol–water partition coefficient (Wildman–Crippen LogP) is 3.51. The van der Waals surface area contributed by atoms with Crippen molar-refractivity contribution in [2.45, 2.75) is 4.90 Å². The number of hydrogen-bond acceptors (Lipinski definition) is 6. The number of imide groups is 1. The third-order valence-electron chi connectivity index (χ3n) is 4.43. The molecule has 2 aliphatic heterocycles. The molecule has 0 spiro atoms. The van der Waals surface area contributed by atoms with Gasteiger partial charge in [-0.2, -0.15) is 0 Å². The van der Waals surface area contributed by atoms with E-state index in [1.54, 1.807) is 36.3 Å². The van der Waals surface area contributed by atoms with Crippen LogP contribution in [0, 0.1) is 11.8 Å². The topological polar surface area (TPSA) is 75.7 Å². The number of fused-ring (bicyclic) bond motifs is 1. The fraction of sp³-hybridized carbons (Fsp3) is 0.136. The molecule has 0 aliphatic carbocycles. The Bertz CT molecular complexity index is 1150. The van der Waals surface area contributed by atoms with Gasteiger partial charge in [-0.05, 0) is 47.7 Å². The number of nitrogens with zero attached hydrogens (tertiary/aromatic N) is 1. The summed E-state index contributed by atoms with van der Waals surface area (Å²) in [7, 11) is 1.55. The Morgan fingerprint density at radius 1 is 1.20 bits per heavy atom. The van der Waals surface area contributed by atoms with E-state index in [0.29, 0.717) is 22.0 Å². The van der Waals surface area contributed by atoms with E-state index >= 15 is 0 Å². The van der Waals surface area contributed by atoms with Gasteiger partial charge in [0.1, 0.15) is 5.75 Å². The molecule has 0 unspecified atom stereocenters. The first-order valence-corrected chi connectivity index (χ1v) is 10.8. The summed E-state index contributed by atoms with van der Waals surface area (Å²) in [5.41, 5.74) is 2.23. The zero-order valence-electron chi connectivity index (χ0n) is 15.9. The lowest BCUT2D eigenvalue weighted by Crippen LogP contribution is -2.35. The standard InChI is InChI=1S/C22H16N2O4S2/c1-28-17-9-8-14(12-19-21(26)23-22(27)30-19)11-15(17)5-4-10-24-16-6-2-3-7-18(16)29-13-20(24)25/h2-3,6-9,11-12H,10,13H2,1H3,(H,23,26,27)/b19-12+. The van der Waals surface area contributed by atoms with Gasteiger partial charge in [0.15, 0.2) is 0 Å². The molecule has 1 saturated heterocycles. The predicted molar refractivity (Wildman–Crippen MR) is 118 cm³/mol. The molecule has 8 heteroatoms. The SMILES string of the molecule is COc1ccc(/C=C2/SC(=O)NC2=O)cc1C#CCN1C(=O)CSc2ccccc21. The van der Waals surface area contributed by atoms with Crippen molar-refractivity contribution in [3.8, 4) is 17.6 Å². The number of rotatable bonds is 3. The number of benzene rings is 2. The Morgan fingerprint density at radius 2 is 2.03 bits per heavy atom. The van der Waals surface area contributed by atoms with E-state index in [-0.39, 0.29) is 17.7 Å². The van der Waals surface area contributed by atoms with Crippen molar-refractivity contribution in [3.63, 3.8) is 0 Å². The summed E-state index contributed by atoms with van der Waals surface area (Å²) in [6.45, 7) is 0.262. The maximum absolute atomic E-state index is 12.4. The third-order valence-corrected chi connectivity index (χ3v) is 6.29. The van der Waals surface area contributed by atoms with E-state index in [4.69, 9.17) is 4.74 Å². The van der Waals surface area contributed by atoms with Gasteiger partial charge in [-0.1, -0.05) is 30.0 Å². The zero-order chi connectivity index (χ0) is 21.1. The lowest BCUT2D eigenvalue weighted by Gasteiger charge is -2.27. The van der Waals surface area contributed by atoms with Crippen molar-refractivity contribution < 1.29 is 19.1 Å². The van der Waals surface area contributed by atoms with Gasteiger partial charge in [-0.15, -0.1) is 11.8 Å². The van der Waals surface area contributed by atoms with E-state index in [1.165, 1.54) is 11.8 Å². The van der Waals surface area contributed by atoms with Gasteiger partial charge in [0.05, 0.1) is 35.6 Å². The number of carbonyl (C=O) groups is 3. The maximum atomic E-state index is 12.4. The van der Waals surface area contributed by atoms with Crippen molar-refractivity contribution >= 4 is 52.3 Å². The number of carbonyl (C=O) groups excluding carboxylic acids is 3. The van der Waals surface area contributed by atoms with Gasteiger partial charge in [-0.3, -0.25) is 24.6 Å². The van der Waals surface area contributed by atoms with E-state index in [1.807, 2.05) is 24.3 Å². The smallest absolute Gasteiger partial charge is 0.290 e. The Morgan fingerprint density at radius 3 is 2.80 bits per heavy atom. The van der Waals surface area contributed by atoms with Gasteiger partial charge in [-0.25, -0.2) is 0 Å². The highest BCUT2D eigenvalue weighted by Crippen LogP contribution is 2.34. The van der Waals surface area contributed by atoms with E-state index in [2.05, 4.69) is 17.2 Å². The van der Waals surface area contributed by atoms with Crippen LogP contribution in [0.5, 0.6) is 5.75 Å². The average molecular weight is 437 g/mol. The molecule has 6 nitrogen and oxygen atoms in total. The molecule has 30 heavy (non-hydrogen) atoms. The molecule has 2 heterocycles. The summed E-state index contributed by atoms with van der Waals surface area (Å²) < 4.78 is 5.38. The molecule has 150 valence electrons. The number of para-hydroxylation sites is 1. The number of methoxy groups -OCH3 is 1. The molecule has 0 bridgehead atoms. The molecule has 0 aromatic heterocycles.